The second kappa shape index (κ2) is 15.7. The van der Waals surface area contributed by atoms with Gasteiger partial charge in [0, 0.05) is 12.8 Å². The third-order valence-electron chi connectivity index (χ3n) is 12.5. The van der Waals surface area contributed by atoms with Crippen molar-refractivity contribution in [3.05, 3.63) is 0 Å². The summed E-state index contributed by atoms with van der Waals surface area (Å²) < 4.78 is 27.1. The Balaban J connectivity index is 2.44. The third-order valence-corrected chi connectivity index (χ3v) is 19.4. The first kappa shape index (κ1) is 43.2. The molecule has 2 rings (SSSR count). The number of ether oxygens (including phenoxy) is 1. The number of rotatable bonds is 18. The van der Waals surface area contributed by atoms with Crippen LogP contribution >= 0.6 is 0 Å². The second-order valence-electron chi connectivity index (χ2n) is 20.4. The molecule has 5 nitrogen and oxygen atoms in total. The average molecular weight is 713 g/mol. The van der Waals surface area contributed by atoms with Gasteiger partial charge in [-0.15, -0.1) is 0 Å². The summed E-state index contributed by atoms with van der Waals surface area (Å²) >= 11 is 0. The molecule has 0 bridgehead atoms. The zero-order valence-corrected chi connectivity index (χ0v) is 37.6. The van der Waals surface area contributed by atoms with Crippen LogP contribution in [0.2, 0.25) is 57.4 Å². The van der Waals surface area contributed by atoms with E-state index in [1.807, 2.05) is 0 Å². The third kappa shape index (κ3) is 12.0. The summed E-state index contributed by atoms with van der Waals surface area (Å²) in [6.07, 6.45) is 11.6. The summed E-state index contributed by atoms with van der Waals surface area (Å²) in [4.78, 5) is 12.1. The van der Waals surface area contributed by atoms with Gasteiger partial charge < -0.3 is 18.0 Å². The predicted molar refractivity (Wildman–Crippen MR) is 209 cm³/mol. The van der Waals surface area contributed by atoms with Gasteiger partial charge in [0.1, 0.15) is 6.10 Å². The van der Waals surface area contributed by atoms with Crippen molar-refractivity contribution in [2.24, 2.45) is 29.1 Å². The van der Waals surface area contributed by atoms with Crippen molar-refractivity contribution in [3.63, 3.8) is 0 Å². The maximum Gasteiger partial charge on any atom is 0.302 e. The number of carbonyl (C=O) groups excluding carboxylic acids is 1. The fraction of sp³-hybridized carbons (Fsp3) is 0.974. The minimum absolute atomic E-state index is 0.0493. The van der Waals surface area contributed by atoms with Crippen molar-refractivity contribution in [1.82, 2.24) is 0 Å². The normalized spacial score (nSPS) is 26.3. The minimum Gasteiger partial charge on any atom is -0.462 e. The fourth-order valence-electron chi connectivity index (χ4n) is 9.48. The average Bonchev–Trinajstić information content (AvgIpc) is 3.19. The first-order chi connectivity index (χ1) is 21.0. The molecule has 0 amide bonds. The van der Waals surface area contributed by atoms with Crippen molar-refractivity contribution in [1.29, 1.82) is 0 Å². The van der Waals surface area contributed by atoms with Crippen LogP contribution in [0.25, 0.3) is 0 Å². The Hall–Kier alpha value is 0.000649. The molecule has 6 atom stereocenters. The number of hydrogen-bond acceptors (Lipinski definition) is 5. The Bertz CT molecular complexity index is 1010. The first-order valence-electron chi connectivity index (χ1n) is 19.3. The molecule has 0 spiro atoms. The molecule has 0 aromatic carbocycles. The SMILES string of the molecule is CC(=O)O[C@H]1CCC[C@]2(C)C(C(CCCC(C)(C)O[Si](C)(C)C)CCC(O[Si](C)(C)C(C)(C)C(C)C)C(C)(C)O[Si](C)(C)C)CCC12. The number of esters is 1. The summed E-state index contributed by atoms with van der Waals surface area (Å²) in [6.45, 7) is 41.5. The van der Waals surface area contributed by atoms with E-state index in [-0.39, 0.29) is 39.8 Å². The second-order valence-corrected chi connectivity index (χ2v) is 33.8. The molecular formula is C39H80O5Si3. The van der Waals surface area contributed by atoms with Crippen LogP contribution in [0.4, 0.5) is 0 Å². The molecule has 0 saturated heterocycles. The molecule has 4 unspecified atom stereocenters. The molecule has 0 radical (unpaired) electrons. The van der Waals surface area contributed by atoms with Gasteiger partial charge in [0.2, 0.25) is 0 Å². The van der Waals surface area contributed by atoms with Crippen LogP contribution in [0.3, 0.4) is 0 Å². The van der Waals surface area contributed by atoms with Gasteiger partial charge >= 0.3 is 5.97 Å². The van der Waals surface area contributed by atoms with E-state index in [4.69, 9.17) is 18.0 Å². The number of carbonyl (C=O) groups is 1. The summed E-state index contributed by atoms with van der Waals surface area (Å²) in [5, 5.41) is 0.141. The van der Waals surface area contributed by atoms with E-state index in [0.717, 1.165) is 32.1 Å². The van der Waals surface area contributed by atoms with E-state index in [1.54, 1.807) is 6.92 Å². The van der Waals surface area contributed by atoms with Gasteiger partial charge in [-0.05, 0) is 160 Å². The molecule has 0 N–H and O–H groups in total. The van der Waals surface area contributed by atoms with Crippen molar-refractivity contribution in [2.75, 3.05) is 0 Å². The molecule has 2 fully saturated rings. The van der Waals surface area contributed by atoms with Gasteiger partial charge in [0.05, 0.1) is 17.3 Å². The predicted octanol–water partition coefficient (Wildman–Crippen LogP) is 12.0. The maximum atomic E-state index is 12.1. The summed E-state index contributed by atoms with van der Waals surface area (Å²) in [5.41, 5.74) is -0.242. The van der Waals surface area contributed by atoms with E-state index >= 15 is 0 Å². The monoisotopic (exact) mass is 713 g/mol. The van der Waals surface area contributed by atoms with Crippen LogP contribution < -0.4 is 0 Å². The zero-order valence-electron chi connectivity index (χ0n) is 34.6. The number of hydrogen-bond donors (Lipinski definition) is 0. The van der Waals surface area contributed by atoms with Gasteiger partial charge in [0.15, 0.2) is 25.0 Å². The molecule has 8 heteroatoms. The molecule has 0 aromatic heterocycles. The number of fused-ring (bicyclic) bond motifs is 1. The molecule has 278 valence electrons. The molecule has 0 aliphatic heterocycles. The summed E-state index contributed by atoms with van der Waals surface area (Å²) in [6, 6.07) is 0. The highest BCUT2D eigenvalue weighted by Gasteiger charge is 2.54. The zero-order chi connectivity index (χ0) is 36.4. The highest BCUT2D eigenvalue weighted by molar-refractivity contribution is 6.74. The topological polar surface area (TPSA) is 54.0 Å². The maximum absolute atomic E-state index is 12.1. The van der Waals surface area contributed by atoms with E-state index < -0.39 is 25.0 Å². The largest absolute Gasteiger partial charge is 0.462 e. The molecular weight excluding hydrogens is 633 g/mol. The van der Waals surface area contributed by atoms with E-state index in [1.165, 1.54) is 32.1 Å². The van der Waals surface area contributed by atoms with Crippen LogP contribution in [0, 0.1) is 29.1 Å². The van der Waals surface area contributed by atoms with Gasteiger partial charge in [-0.1, -0.05) is 47.5 Å². The van der Waals surface area contributed by atoms with Crippen LogP contribution in [-0.2, 0) is 22.8 Å². The van der Waals surface area contributed by atoms with Crippen molar-refractivity contribution >= 4 is 30.9 Å². The van der Waals surface area contributed by atoms with Gasteiger partial charge in [0.25, 0.3) is 0 Å². The minimum atomic E-state index is -2.11. The van der Waals surface area contributed by atoms with Crippen LogP contribution in [0.1, 0.15) is 133 Å². The molecule has 2 aliphatic carbocycles. The van der Waals surface area contributed by atoms with Gasteiger partial charge in [-0.2, -0.15) is 0 Å². The molecule has 0 aromatic rings. The van der Waals surface area contributed by atoms with Crippen molar-refractivity contribution in [3.8, 4) is 0 Å². The standard InChI is InChI=1S/C39H80O5Si3/c1-29(2)38(8,9)47(17,18)42-35(37(6,7)44-46(14,15)16)26-23-31(21-19-27-36(4,5)43-45(11,12)13)32-24-25-33-34(41-30(3)40)22-20-28-39(32,33)10/h29,31-35H,19-28H2,1-18H3/t31?,32?,33?,34-,35?,39+/m0/s1. The van der Waals surface area contributed by atoms with Gasteiger partial charge in [-0.3, -0.25) is 4.79 Å². The Labute approximate surface area is 296 Å². The Morgan fingerprint density at radius 2 is 1.40 bits per heavy atom. The van der Waals surface area contributed by atoms with Crippen LogP contribution in [-0.4, -0.2) is 54.3 Å². The Morgan fingerprint density at radius 3 is 1.91 bits per heavy atom. The lowest BCUT2D eigenvalue weighted by atomic mass is 9.60. The lowest BCUT2D eigenvalue weighted by Gasteiger charge is -2.49. The van der Waals surface area contributed by atoms with E-state index in [2.05, 4.69) is 115 Å². The lowest BCUT2D eigenvalue weighted by Crippen LogP contribution is -2.55. The fourth-order valence-corrected chi connectivity index (χ4v) is 15.8. The molecule has 2 aliphatic rings. The van der Waals surface area contributed by atoms with Gasteiger partial charge in [-0.25, -0.2) is 0 Å². The van der Waals surface area contributed by atoms with Crippen molar-refractivity contribution in [2.45, 2.75) is 214 Å². The molecule has 47 heavy (non-hydrogen) atoms. The van der Waals surface area contributed by atoms with Crippen LogP contribution in [0.5, 0.6) is 0 Å². The Morgan fingerprint density at radius 1 is 0.830 bits per heavy atom. The van der Waals surface area contributed by atoms with E-state index in [0.29, 0.717) is 23.7 Å². The molecule has 0 heterocycles. The quantitative estimate of drug-likeness (QED) is 0.105. The summed E-state index contributed by atoms with van der Waals surface area (Å²) in [5.74, 6) is 2.12. The smallest absolute Gasteiger partial charge is 0.302 e. The highest BCUT2D eigenvalue weighted by Crippen LogP contribution is 2.60. The van der Waals surface area contributed by atoms with Crippen LogP contribution in [0.15, 0.2) is 0 Å². The van der Waals surface area contributed by atoms with Crippen molar-refractivity contribution < 1.29 is 22.8 Å². The summed E-state index contributed by atoms with van der Waals surface area (Å²) in [7, 11) is -5.56. The molecule has 2 saturated carbocycles. The van der Waals surface area contributed by atoms with E-state index in [9.17, 15) is 4.79 Å². The first-order valence-corrected chi connectivity index (χ1v) is 29.0. The Kier molecular flexibility index (Phi) is 14.4. The highest BCUT2D eigenvalue weighted by atomic mass is 28.4. The lowest BCUT2D eigenvalue weighted by molar-refractivity contribution is -0.155.